The number of carbonyl (C=O) groups excluding carboxylic acids is 2. The van der Waals surface area contributed by atoms with E-state index in [2.05, 4.69) is 20.6 Å². The Morgan fingerprint density at radius 3 is 2.86 bits per heavy atom. The zero-order chi connectivity index (χ0) is 15.5. The number of furan rings is 1. The second kappa shape index (κ2) is 5.86. The van der Waals surface area contributed by atoms with Crippen LogP contribution in [-0.2, 0) is 11.4 Å². The van der Waals surface area contributed by atoms with Gasteiger partial charge in [0.1, 0.15) is 18.1 Å². The second-order valence-electron chi connectivity index (χ2n) is 4.23. The van der Waals surface area contributed by atoms with Crippen LogP contribution in [0.1, 0.15) is 11.5 Å². The van der Waals surface area contributed by atoms with Crippen molar-refractivity contribution in [2.75, 3.05) is 0 Å². The van der Waals surface area contributed by atoms with E-state index in [1.54, 1.807) is 12.1 Å². The summed E-state index contributed by atoms with van der Waals surface area (Å²) in [5.74, 6) is 0.294. The number of carbonyl (C=O) groups is 2. The van der Waals surface area contributed by atoms with E-state index in [-0.39, 0.29) is 23.5 Å². The zero-order valence-electron chi connectivity index (χ0n) is 11.0. The lowest BCUT2D eigenvalue weighted by molar-refractivity contribution is -0.115. The Morgan fingerprint density at radius 1 is 1.32 bits per heavy atom. The predicted molar refractivity (Wildman–Crippen MR) is 74.7 cm³/mol. The molecule has 0 bridgehead atoms. The van der Waals surface area contributed by atoms with Gasteiger partial charge in [-0.05, 0) is 29.8 Å². The molecule has 0 atom stereocenters. The molecular weight excluding hydrogens is 312 g/mol. The number of hydrogen-bond acceptors (Lipinski definition) is 6. The van der Waals surface area contributed by atoms with Crippen molar-refractivity contribution >= 4 is 29.6 Å². The standard InChI is InChI=1S/C13H9ClN4O4/c14-12-15-7(4-9-11(19)18-13(20)16-9)5-10(17-12)22-6-8-2-1-3-21-8/h1-5H,6H2,(H2,16,18,19,20)/b9-4-. The van der Waals surface area contributed by atoms with Crippen molar-refractivity contribution in [2.24, 2.45) is 0 Å². The van der Waals surface area contributed by atoms with Gasteiger partial charge in [0.2, 0.25) is 11.2 Å². The first kappa shape index (κ1) is 14.1. The lowest BCUT2D eigenvalue weighted by atomic mass is 10.3. The van der Waals surface area contributed by atoms with Gasteiger partial charge in [0, 0.05) is 6.07 Å². The van der Waals surface area contributed by atoms with Crippen LogP contribution in [0.25, 0.3) is 6.08 Å². The molecule has 2 N–H and O–H groups in total. The molecule has 1 saturated heterocycles. The molecule has 0 aliphatic carbocycles. The van der Waals surface area contributed by atoms with Crippen LogP contribution in [0.4, 0.5) is 4.79 Å². The number of ether oxygens (including phenoxy) is 1. The molecule has 112 valence electrons. The molecule has 0 unspecified atom stereocenters. The summed E-state index contributed by atoms with van der Waals surface area (Å²) in [5, 5.41) is 4.38. The summed E-state index contributed by atoms with van der Waals surface area (Å²) >= 11 is 5.82. The van der Waals surface area contributed by atoms with E-state index in [1.165, 1.54) is 18.4 Å². The summed E-state index contributed by atoms with van der Waals surface area (Å²) in [7, 11) is 0. The van der Waals surface area contributed by atoms with Gasteiger partial charge in [-0.15, -0.1) is 0 Å². The molecule has 9 heteroatoms. The number of halogens is 1. The summed E-state index contributed by atoms with van der Waals surface area (Å²) in [4.78, 5) is 30.4. The van der Waals surface area contributed by atoms with Gasteiger partial charge in [-0.25, -0.2) is 9.78 Å². The predicted octanol–water partition coefficient (Wildman–Crippen LogP) is 1.48. The fourth-order valence-electron chi connectivity index (χ4n) is 1.73. The normalized spacial score (nSPS) is 15.8. The monoisotopic (exact) mass is 320 g/mol. The van der Waals surface area contributed by atoms with Crippen molar-refractivity contribution in [3.05, 3.63) is 46.9 Å². The Labute approximate surface area is 129 Å². The van der Waals surface area contributed by atoms with Crippen LogP contribution in [0.15, 0.2) is 34.6 Å². The largest absolute Gasteiger partial charge is 0.469 e. The SMILES string of the molecule is O=C1NC(=O)/C(=C/c2cc(OCc3ccco3)nc(Cl)n2)N1. The van der Waals surface area contributed by atoms with Gasteiger partial charge in [0.25, 0.3) is 5.91 Å². The number of amides is 3. The van der Waals surface area contributed by atoms with Gasteiger partial charge in [0.15, 0.2) is 0 Å². The molecule has 8 nitrogen and oxygen atoms in total. The van der Waals surface area contributed by atoms with Gasteiger partial charge >= 0.3 is 6.03 Å². The first-order valence-electron chi connectivity index (χ1n) is 6.14. The highest BCUT2D eigenvalue weighted by atomic mass is 35.5. The summed E-state index contributed by atoms with van der Waals surface area (Å²) in [6, 6.07) is 4.39. The van der Waals surface area contributed by atoms with Crippen LogP contribution in [0.2, 0.25) is 5.28 Å². The average Bonchev–Trinajstić information content (AvgIpc) is 3.06. The zero-order valence-corrected chi connectivity index (χ0v) is 11.8. The minimum Gasteiger partial charge on any atom is -0.469 e. The van der Waals surface area contributed by atoms with Crippen LogP contribution in [0, 0.1) is 0 Å². The Balaban J connectivity index is 1.79. The van der Waals surface area contributed by atoms with Crippen LogP contribution >= 0.6 is 11.6 Å². The number of nitrogens with one attached hydrogen (secondary N) is 2. The van der Waals surface area contributed by atoms with Gasteiger partial charge in [0.05, 0.1) is 12.0 Å². The van der Waals surface area contributed by atoms with E-state index >= 15 is 0 Å². The quantitative estimate of drug-likeness (QED) is 0.502. The Bertz CT molecular complexity index is 757. The third-order valence-corrected chi connectivity index (χ3v) is 2.82. The fourth-order valence-corrected chi connectivity index (χ4v) is 1.91. The minimum atomic E-state index is -0.592. The molecule has 2 aromatic heterocycles. The Morgan fingerprint density at radius 2 is 2.18 bits per heavy atom. The number of rotatable bonds is 4. The third-order valence-electron chi connectivity index (χ3n) is 2.65. The lowest BCUT2D eigenvalue weighted by Crippen LogP contribution is -2.22. The van der Waals surface area contributed by atoms with Crippen molar-refractivity contribution in [1.29, 1.82) is 0 Å². The molecule has 1 aliphatic heterocycles. The lowest BCUT2D eigenvalue weighted by Gasteiger charge is -2.04. The highest BCUT2D eigenvalue weighted by Gasteiger charge is 2.23. The maximum Gasteiger partial charge on any atom is 0.326 e. The summed E-state index contributed by atoms with van der Waals surface area (Å²) in [6.45, 7) is 0.174. The molecule has 22 heavy (non-hydrogen) atoms. The average molecular weight is 321 g/mol. The summed E-state index contributed by atoms with van der Waals surface area (Å²) in [5.41, 5.74) is 0.388. The van der Waals surface area contributed by atoms with Gasteiger partial charge in [-0.1, -0.05) is 0 Å². The van der Waals surface area contributed by atoms with Gasteiger partial charge < -0.3 is 14.5 Å². The van der Waals surface area contributed by atoms with E-state index in [0.717, 1.165) is 0 Å². The number of hydrogen-bond donors (Lipinski definition) is 2. The molecule has 0 radical (unpaired) electrons. The highest BCUT2D eigenvalue weighted by molar-refractivity contribution is 6.28. The van der Waals surface area contributed by atoms with Crippen molar-refractivity contribution in [3.63, 3.8) is 0 Å². The number of urea groups is 1. The van der Waals surface area contributed by atoms with E-state index in [0.29, 0.717) is 11.5 Å². The first-order chi connectivity index (χ1) is 10.6. The smallest absolute Gasteiger partial charge is 0.326 e. The third kappa shape index (κ3) is 3.23. The van der Waals surface area contributed by atoms with E-state index in [1.807, 2.05) is 0 Å². The maximum absolute atomic E-state index is 11.5. The highest BCUT2D eigenvalue weighted by Crippen LogP contribution is 2.17. The van der Waals surface area contributed by atoms with E-state index in [4.69, 9.17) is 20.8 Å². The van der Waals surface area contributed by atoms with Gasteiger partial charge in [-0.2, -0.15) is 4.98 Å². The van der Waals surface area contributed by atoms with Crippen LogP contribution < -0.4 is 15.4 Å². The van der Waals surface area contributed by atoms with Crippen molar-refractivity contribution < 1.29 is 18.7 Å². The molecule has 3 amide bonds. The van der Waals surface area contributed by atoms with Crippen LogP contribution in [0.5, 0.6) is 5.88 Å². The fraction of sp³-hybridized carbons (Fsp3) is 0.0769. The molecular formula is C13H9ClN4O4. The number of nitrogens with zero attached hydrogens (tertiary/aromatic N) is 2. The molecule has 0 spiro atoms. The molecule has 3 rings (SSSR count). The molecule has 1 fully saturated rings. The Kier molecular flexibility index (Phi) is 3.75. The molecule has 0 saturated carbocycles. The number of imide groups is 1. The van der Waals surface area contributed by atoms with Crippen molar-refractivity contribution in [1.82, 2.24) is 20.6 Å². The minimum absolute atomic E-state index is 0.0477. The second-order valence-corrected chi connectivity index (χ2v) is 4.57. The van der Waals surface area contributed by atoms with Crippen LogP contribution in [0.3, 0.4) is 0 Å². The topological polar surface area (TPSA) is 106 Å². The maximum atomic E-state index is 11.5. The molecule has 1 aliphatic rings. The van der Waals surface area contributed by atoms with Crippen LogP contribution in [-0.4, -0.2) is 21.9 Å². The van der Waals surface area contributed by atoms with Crippen molar-refractivity contribution in [3.8, 4) is 5.88 Å². The molecule has 2 aromatic rings. The summed E-state index contributed by atoms with van der Waals surface area (Å²) in [6.07, 6.45) is 2.90. The first-order valence-corrected chi connectivity index (χ1v) is 6.52. The summed E-state index contributed by atoms with van der Waals surface area (Å²) < 4.78 is 10.6. The molecule has 3 heterocycles. The van der Waals surface area contributed by atoms with E-state index < -0.39 is 11.9 Å². The Hall–Kier alpha value is -2.87. The molecule has 0 aromatic carbocycles. The number of aromatic nitrogens is 2. The van der Waals surface area contributed by atoms with E-state index in [9.17, 15) is 9.59 Å². The van der Waals surface area contributed by atoms with Crippen molar-refractivity contribution in [2.45, 2.75) is 6.61 Å². The van der Waals surface area contributed by atoms with Gasteiger partial charge in [-0.3, -0.25) is 10.1 Å².